The zero-order chi connectivity index (χ0) is 24.2. The molecule has 0 spiro atoms. The van der Waals surface area contributed by atoms with Crippen molar-refractivity contribution in [2.45, 2.75) is 16.7 Å². The first-order chi connectivity index (χ1) is 15.7. The summed E-state index contributed by atoms with van der Waals surface area (Å²) in [5, 5.41) is 3.23. The van der Waals surface area contributed by atoms with Gasteiger partial charge in [-0.2, -0.15) is 0 Å². The standard InChI is InChI=1S/C23H22Cl2N2O4S2/c1-15-8-11-20(31-2)22(12-15)33(29,30)27(16-9-10-17(24)18(25)13-16)14-23(28)26-19-6-4-5-7-21(19)32-3/h4-13H,14H2,1-3H3,(H,26,28). The first kappa shape index (κ1) is 25.2. The highest BCUT2D eigenvalue weighted by atomic mass is 35.5. The SMILES string of the molecule is COc1ccc(C)cc1S(=O)(=O)N(CC(=O)Nc1ccccc1SC)c1ccc(Cl)c(Cl)c1. The van der Waals surface area contributed by atoms with Gasteiger partial charge in [-0.15, -0.1) is 11.8 Å². The van der Waals surface area contributed by atoms with Gasteiger partial charge in [0, 0.05) is 4.90 Å². The number of benzene rings is 3. The highest BCUT2D eigenvalue weighted by Gasteiger charge is 2.30. The van der Waals surface area contributed by atoms with E-state index in [9.17, 15) is 13.2 Å². The Labute approximate surface area is 207 Å². The summed E-state index contributed by atoms with van der Waals surface area (Å²) in [5.41, 5.74) is 1.51. The first-order valence-electron chi connectivity index (χ1n) is 9.72. The van der Waals surface area contributed by atoms with Crippen molar-refractivity contribution in [2.24, 2.45) is 0 Å². The largest absolute Gasteiger partial charge is 0.495 e. The minimum Gasteiger partial charge on any atom is -0.495 e. The van der Waals surface area contributed by atoms with E-state index in [1.807, 2.05) is 18.4 Å². The lowest BCUT2D eigenvalue weighted by atomic mass is 10.2. The molecule has 3 aromatic carbocycles. The van der Waals surface area contributed by atoms with Crippen LogP contribution >= 0.6 is 35.0 Å². The molecule has 1 amide bonds. The fourth-order valence-electron chi connectivity index (χ4n) is 3.13. The highest BCUT2D eigenvalue weighted by Crippen LogP contribution is 2.34. The van der Waals surface area contributed by atoms with Crippen molar-refractivity contribution < 1.29 is 17.9 Å². The van der Waals surface area contributed by atoms with E-state index in [-0.39, 0.29) is 26.4 Å². The van der Waals surface area contributed by atoms with Gasteiger partial charge >= 0.3 is 0 Å². The molecule has 3 rings (SSSR count). The summed E-state index contributed by atoms with van der Waals surface area (Å²) in [7, 11) is -2.82. The number of thioether (sulfide) groups is 1. The predicted molar refractivity (Wildman–Crippen MR) is 136 cm³/mol. The van der Waals surface area contributed by atoms with Gasteiger partial charge < -0.3 is 10.1 Å². The van der Waals surface area contributed by atoms with Crippen molar-refractivity contribution in [3.63, 3.8) is 0 Å². The third-order valence-electron chi connectivity index (χ3n) is 4.75. The minimum atomic E-state index is -4.21. The normalized spacial score (nSPS) is 11.2. The van der Waals surface area contributed by atoms with Crippen LogP contribution in [0.15, 0.2) is 70.5 Å². The Kier molecular flexibility index (Phi) is 8.18. The first-order valence-corrected chi connectivity index (χ1v) is 13.1. The number of aryl methyl sites for hydroxylation is 1. The maximum Gasteiger partial charge on any atom is 0.268 e. The van der Waals surface area contributed by atoms with E-state index in [4.69, 9.17) is 27.9 Å². The summed E-state index contributed by atoms with van der Waals surface area (Å²) in [6.07, 6.45) is 1.89. The van der Waals surface area contributed by atoms with Gasteiger partial charge in [-0.05, 0) is 61.2 Å². The van der Waals surface area contributed by atoms with E-state index >= 15 is 0 Å². The van der Waals surface area contributed by atoms with E-state index in [0.29, 0.717) is 5.69 Å². The third kappa shape index (κ3) is 5.76. The molecular formula is C23H22Cl2N2O4S2. The molecule has 0 heterocycles. The van der Waals surface area contributed by atoms with Gasteiger partial charge in [0.05, 0.1) is 28.5 Å². The van der Waals surface area contributed by atoms with Crippen LogP contribution in [0.25, 0.3) is 0 Å². The van der Waals surface area contributed by atoms with Crippen molar-refractivity contribution >= 4 is 62.3 Å². The van der Waals surface area contributed by atoms with Crippen molar-refractivity contribution in [3.8, 4) is 5.75 Å². The summed E-state index contributed by atoms with van der Waals surface area (Å²) in [4.78, 5) is 13.8. The summed E-state index contributed by atoms with van der Waals surface area (Å²) in [5.74, 6) is -0.350. The van der Waals surface area contributed by atoms with E-state index in [0.717, 1.165) is 14.8 Å². The molecule has 0 fully saturated rings. The molecule has 0 bridgehead atoms. The number of para-hydroxylation sites is 1. The third-order valence-corrected chi connectivity index (χ3v) is 8.08. The van der Waals surface area contributed by atoms with Gasteiger partial charge in [0.25, 0.3) is 10.0 Å². The quantitative estimate of drug-likeness (QED) is 0.373. The van der Waals surface area contributed by atoms with Crippen LogP contribution in [0.1, 0.15) is 5.56 Å². The van der Waals surface area contributed by atoms with Crippen LogP contribution in [0.5, 0.6) is 5.75 Å². The number of ether oxygens (including phenoxy) is 1. The molecule has 10 heteroatoms. The number of nitrogens with zero attached hydrogens (tertiary/aromatic N) is 1. The molecule has 0 saturated heterocycles. The summed E-state index contributed by atoms with van der Waals surface area (Å²) < 4.78 is 33.8. The number of carbonyl (C=O) groups excluding carboxylic acids is 1. The van der Waals surface area contributed by atoms with Crippen LogP contribution < -0.4 is 14.4 Å². The molecule has 33 heavy (non-hydrogen) atoms. The average Bonchev–Trinajstić information content (AvgIpc) is 2.79. The van der Waals surface area contributed by atoms with Crippen LogP contribution in [-0.2, 0) is 14.8 Å². The molecule has 3 aromatic rings. The zero-order valence-electron chi connectivity index (χ0n) is 18.1. The Balaban J connectivity index is 2.06. The maximum absolute atomic E-state index is 13.8. The monoisotopic (exact) mass is 524 g/mol. The zero-order valence-corrected chi connectivity index (χ0v) is 21.3. The van der Waals surface area contributed by atoms with Gasteiger partial charge in [-0.3, -0.25) is 9.10 Å². The topological polar surface area (TPSA) is 75.7 Å². The van der Waals surface area contributed by atoms with Gasteiger partial charge in [-0.1, -0.05) is 41.4 Å². The lowest BCUT2D eigenvalue weighted by Crippen LogP contribution is -2.38. The van der Waals surface area contributed by atoms with Crippen molar-refractivity contribution in [2.75, 3.05) is 29.5 Å². The number of amides is 1. The van der Waals surface area contributed by atoms with Gasteiger partial charge in [0.1, 0.15) is 17.2 Å². The van der Waals surface area contributed by atoms with Crippen molar-refractivity contribution in [1.82, 2.24) is 0 Å². The van der Waals surface area contributed by atoms with Crippen molar-refractivity contribution in [1.29, 1.82) is 0 Å². The number of halogens is 2. The molecule has 0 aliphatic rings. The Morgan fingerprint density at radius 1 is 1.06 bits per heavy atom. The predicted octanol–water partition coefficient (Wildman–Crippen LogP) is 5.87. The van der Waals surface area contributed by atoms with Crippen LogP contribution in [0.3, 0.4) is 0 Å². The molecule has 0 unspecified atom stereocenters. The molecule has 0 aromatic heterocycles. The summed E-state index contributed by atoms with van der Waals surface area (Å²) in [6, 6.07) is 16.5. The Morgan fingerprint density at radius 3 is 2.45 bits per heavy atom. The minimum absolute atomic E-state index is 0.0617. The molecule has 0 atom stereocenters. The molecule has 6 nitrogen and oxygen atoms in total. The molecule has 0 radical (unpaired) electrons. The van der Waals surface area contributed by atoms with Crippen LogP contribution in [0, 0.1) is 6.92 Å². The summed E-state index contributed by atoms with van der Waals surface area (Å²) in [6.45, 7) is 1.29. The number of hydrogen-bond donors (Lipinski definition) is 1. The van der Waals surface area contributed by atoms with Gasteiger partial charge in [-0.25, -0.2) is 8.42 Å². The number of nitrogens with one attached hydrogen (secondary N) is 1. The number of sulfonamides is 1. The van der Waals surface area contributed by atoms with E-state index in [2.05, 4.69) is 5.32 Å². The van der Waals surface area contributed by atoms with Crippen LogP contribution in [0.2, 0.25) is 10.0 Å². The fraction of sp³-hybridized carbons (Fsp3) is 0.174. The van der Waals surface area contributed by atoms with Gasteiger partial charge in [0.15, 0.2) is 0 Å². The number of rotatable bonds is 8. The highest BCUT2D eigenvalue weighted by molar-refractivity contribution is 7.98. The summed E-state index contributed by atoms with van der Waals surface area (Å²) >= 11 is 13.7. The van der Waals surface area contributed by atoms with E-state index < -0.39 is 22.5 Å². The second kappa shape index (κ2) is 10.7. The number of anilines is 2. The second-order valence-electron chi connectivity index (χ2n) is 7.01. The fourth-order valence-corrected chi connectivity index (χ4v) is 5.63. The Morgan fingerprint density at radius 2 is 1.79 bits per heavy atom. The number of carbonyl (C=O) groups is 1. The molecule has 0 saturated carbocycles. The van der Waals surface area contributed by atoms with Crippen LogP contribution in [0.4, 0.5) is 11.4 Å². The Bertz CT molecular complexity index is 1280. The van der Waals surface area contributed by atoms with Crippen LogP contribution in [-0.4, -0.2) is 34.2 Å². The second-order valence-corrected chi connectivity index (χ2v) is 10.5. The maximum atomic E-state index is 13.8. The smallest absolute Gasteiger partial charge is 0.268 e. The lowest BCUT2D eigenvalue weighted by Gasteiger charge is -2.25. The van der Waals surface area contributed by atoms with Gasteiger partial charge in [0.2, 0.25) is 5.91 Å². The van der Waals surface area contributed by atoms with E-state index in [1.54, 1.807) is 31.2 Å². The molecule has 174 valence electrons. The average molecular weight is 525 g/mol. The number of hydrogen-bond acceptors (Lipinski definition) is 5. The molecule has 0 aliphatic heterocycles. The van der Waals surface area contributed by atoms with E-state index in [1.165, 1.54) is 43.1 Å². The molecular weight excluding hydrogens is 503 g/mol. The Hall–Kier alpha value is -2.39. The van der Waals surface area contributed by atoms with Crippen molar-refractivity contribution in [3.05, 3.63) is 76.3 Å². The number of methoxy groups -OCH3 is 1. The molecule has 1 N–H and O–H groups in total. The lowest BCUT2D eigenvalue weighted by molar-refractivity contribution is -0.114. The molecule has 0 aliphatic carbocycles.